The van der Waals surface area contributed by atoms with Crippen LogP contribution in [-0.4, -0.2) is 66.7 Å². The van der Waals surface area contributed by atoms with Crippen LogP contribution in [0.3, 0.4) is 0 Å². The van der Waals surface area contributed by atoms with E-state index in [-0.39, 0.29) is 10.6 Å². The first kappa shape index (κ1) is 26.8. The maximum atomic E-state index is 13.2. The van der Waals surface area contributed by atoms with Crippen molar-refractivity contribution in [2.75, 3.05) is 43.1 Å². The van der Waals surface area contributed by atoms with Crippen molar-refractivity contribution in [1.29, 1.82) is 0 Å². The Labute approximate surface area is 206 Å². The van der Waals surface area contributed by atoms with Crippen molar-refractivity contribution in [3.8, 4) is 11.5 Å². The van der Waals surface area contributed by atoms with Crippen molar-refractivity contribution >= 4 is 37.3 Å². The molecular formula is C23H31N3O7S2. The summed E-state index contributed by atoms with van der Waals surface area (Å²) in [7, 11) is -4.33. The van der Waals surface area contributed by atoms with Crippen LogP contribution >= 0.6 is 0 Å². The molecule has 1 saturated heterocycles. The van der Waals surface area contributed by atoms with Crippen LogP contribution < -0.4 is 19.1 Å². The molecular weight excluding hydrogens is 494 g/mol. The number of nitrogens with zero attached hydrogens (tertiary/aromatic N) is 2. The van der Waals surface area contributed by atoms with E-state index in [0.29, 0.717) is 30.2 Å². The zero-order valence-corrected chi connectivity index (χ0v) is 21.9. The molecule has 0 radical (unpaired) electrons. The van der Waals surface area contributed by atoms with Crippen LogP contribution in [0.2, 0.25) is 0 Å². The maximum Gasteiger partial charge on any atom is 0.265 e. The van der Waals surface area contributed by atoms with Gasteiger partial charge in [-0.2, -0.15) is 4.31 Å². The molecule has 0 aliphatic carbocycles. The third-order valence-electron chi connectivity index (χ3n) is 5.74. The second-order valence-corrected chi connectivity index (χ2v) is 12.2. The number of nitrogens with one attached hydrogen (secondary N) is 1. The second-order valence-electron chi connectivity index (χ2n) is 8.30. The van der Waals surface area contributed by atoms with Gasteiger partial charge in [-0.25, -0.2) is 16.8 Å². The number of carbonyl (C=O) groups excluding carboxylic acids is 1. The number of benzene rings is 2. The Kier molecular flexibility index (Phi) is 8.29. The monoisotopic (exact) mass is 525 g/mol. The number of hydrogen-bond acceptors (Lipinski definition) is 7. The van der Waals surface area contributed by atoms with Gasteiger partial charge in [-0.05, 0) is 62.2 Å². The van der Waals surface area contributed by atoms with Crippen LogP contribution in [0.25, 0.3) is 0 Å². The van der Waals surface area contributed by atoms with E-state index >= 15 is 0 Å². The maximum absolute atomic E-state index is 13.2. The standard InChI is InChI=1S/C23H31N3O7S2/c1-17(33-20-11-9-19(10-12-20)25(2)34(4,28)29)23(27)24-18-8-13-21(32-3)22(16-18)35(30,31)26-14-6-5-7-15-26/h8-13,16-17H,5-7,14-15H2,1-4H3,(H,24,27). The number of methoxy groups -OCH3 is 1. The number of piperidine rings is 1. The molecule has 10 nitrogen and oxygen atoms in total. The van der Waals surface area contributed by atoms with E-state index in [4.69, 9.17) is 9.47 Å². The Morgan fingerprint density at radius 3 is 2.23 bits per heavy atom. The van der Waals surface area contributed by atoms with Gasteiger partial charge in [-0.3, -0.25) is 9.10 Å². The van der Waals surface area contributed by atoms with Crippen LogP contribution in [-0.2, 0) is 24.8 Å². The molecule has 0 bridgehead atoms. The molecule has 1 heterocycles. The van der Waals surface area contributed by atoms with Gasteiger partial charge in [-0.1, -0.05) is 6.42 Å². The average molecular weight is 526 g/mol. The Hall–Kier alpha value is -2.83. The molecule has 0 aromatic heterocycles. The lowest BCUT2D eigenvalue weighted by atomic mass is 10.2. The van der Waals surface area contributed by atoms with Crippen molar-refractivity contribution in [1.82, 2.24) is 4.31 Å². The molecule has 0 spiro atoms. The molecule has 1 atom stereocenters. The second kappa shape index (κ2) is 10.8. The average Bonchev–Trinajstić information content (AvgIpc) is 2.84. The minimum absolute atomic E-state index is 0.00106. The molecule has 1 unspecified atom stereocenters. The van der Waals surface area contributed by atoms with E-state index in [9.17, 15) is 21.6 Å². The lowest BCUT2D eigenvalue weighted by Gasteiger charge is -2.26. The fraction of sp³-hybridized carbons (Fsp3) is 0.435. The summed E-state index contributed by atoms with van der Waals surface area (Å²) in [5.74, 6) is 0.104. The van der Waals surface area contributed by atoms with E-state index in [1.165, 1.54) is 30.6 Å². The van der Waals surface area contributed by atoms with Gasteiger partial charge in [0.15, 0.2) is 6.10 Å². The minimum atomic E-state index is -3.77. The van der Waals surface area contributed by atoms with Crippen molar-refractivity contribution in [2.24, 2.45) is 0 Å². The molecule has 192 valence electrons. The topological polar surface area (TPSA) is 122 Å². The molecule has 35 heavy (non-hydrogen) atoms. The molecule has 0 saturated carbocycles. The number of sulfonamides is 2. The number of amides is 1. The molecule has 3 rings (SSSR count). The van der Waals surface area contributed by atoms with Gasteiger partial charge in [0.2, 0.25) is 20.0 Å². The highest BCUT2D eigenvalue weighted by molar-refractivity contribution is 7.92. The predicted octanol–water partition coefficient (Wildman–Crippen LogP) is 2.67. The van der Waals surface area contributed by atoms with Gasteiger partial charge in [0.1, 0.15) is 16.4 Å². The summed E-state index contributed by atoms with van der Waals surface area (Å²) >= 11 is 0. The van der Waals surface area contributed by atoms with E-state index in [0.717, 1.165) is 29.8 Å². The summed E-state index contributed by atoms with van der Waals surface area (Å²) in [5.41, 5.74) is 0.754. The summed E-state index contributed by atoms with van der Waals surface area (Å²) in [6.45, 7) is 2.46. The molecule has 2 aromatic carbocycles. The fourth-order valence-corrected chi connectivity index (χ4v) is 5.83. The number of carbonyl (C=O) groups is 1. The van der Waals surface area contributed by atoms with Gasteiger partial charge >= 0.3 is 0 Å². The largest absolute Gasteiger partial charge is 0.495 e. The first-order chi connectivity index (χ1) is 16.4. The SMILES string of the molecule is COc1ccc(NC(=O)C(C)Oc2ccc(N(C)S(C)(=O)=O)cc2)cc1S(=O)(=O)N1CCCCC1. The van der Waals surface area contributed by atoms with Crippen LogP contribution in [0, 0.1) is 0 Å². The smallest absolute Gasteiger partial charge is 0.265 e. The van der Waals surface area contributed by atoms with Crippen molar-refractivity contribution in [3.05, 3.63) is 42.5 Å². The quantitative estimate of drug-likeness (QED) is 0.534. The number of ether oxygens (including phenoxy) is 2. The molecule has 1 amide bonds. The van der Waals surface area contributed by atoms with E-state index in [1.54, 1.807) is 37.3 Å². The normalized spacial score (nSPS) is 15.8. The molecule has 1 aliphatic rings. The van der Waals surface area contributed by atoms with Gasteiger partial charge < -0.3 is 14.8 Å². The fourth-order valence-electron chi connectivity index (χ4n) is 3.63. The summed E-state index contributed by atoms with van der Waals surface area (Å²) in [6.07, 6.45) is 2.80. The Bertz CT molecular complexity index is 1260. The van der Waals surface area contributed by atoms with Crippen molar-refractivity contribution < 1.29 is 31.1 Å². The molecule has 12 heteroatoms. The highest BCUT2D eigenvalue weighted by atomic mass is 32.2. The first-order valence-electron chi connectivity index (χ1n) is 11.1. The summed E-state index contributed by atoms with van der Waals surface area (Å²) < 4.78 is 63.2. The number of hydrogen-bond donors (Lipinski definition) is 1. The molecule has 1 N–H and O–H groups in total. The first-order valence-corrected chi connectivity index (χ1v) is 14.4. The summed E-state index contributed by atoms with van der Waals surface area (Å²) in [4.78, 5) is 12.7. The van der Waals surface area contributed by atoms with Gasteiger partial charge in [-0.15, -0.1) is 0 Å². The molecule has 2 aromatic rings. The lowest BCUT2D eigenvalue weighted by molar-refractivity contribution is -0.122. The summed E-state index contributed by atoms with van der Waals surface area (Å²) in [5, 5.41) is 2.69. The van der Waals surface area contributed by atoms with Crippen LogP contribution in [0.15, 0.2) is 47.4 Å². The Morgan fingerprint density at radius 2 is 1.66 bits per heavy atom. The van der Waals surface area contributed by atoms with Crippen molar-refractivity contribution in [2.45, 2.75) is 37.2 Å². The van der Waals surface area contributed by atoms with Gasteiger partial charge in [0.25, 0.3) is 5.91 Å². The van der Waals surface area contributed by atoms with Gasteiger partial charge in [0.05, 0.1) is 19.1 Å². The predicted molar refractivity (Wildman–Crippen MR) is 134 cm³/mol. The lowest BCUT2D eigenvalue weighted by Crippen LogP contribution is -2.36. The van der Waals surface area contributed by atoms with Crippen molar-refractivity contribution in [3.63, 3.8) is 0 Å². The molecule has 1 aliphatic heterocycles. The zero-order valence-electron chi connectivity index (χ0n) is 20.2. The highest BCUT2D eigenvalue weighted by Crippen LogP contribution is 2.31. The van der Waals surface area contributed by atoms with Crippen LogP contribution in [0.4, 0.5) is 11.4 Å². The van der Waals surface area contributed by atoms with Gasteiger partial charge in [0, 0.05) is 25.8 Å². The Morgan fingerprint density at radius 1 is 1.03 bits per heavy atom. The van der Waals surface area contributed by atoms with Crippen LogP contribution in [0.5, 0.6) is 11.5 Å². The molecule has 1 fully saturated rings. The van der Waals surface area contributed by atoms with E-state index < -0.39 is 32.1 Å². The van der Waals surface area contributed by atoms with E-state index in [1.807, 2.05) is 0 Å². The number of anilines is 2. The third-order valence-corrected chi connectivity index (χ3v) is 8.87. The van der Waals surface area contributed by atoms with Crippen LogP contribution in [0.1, 0.15) is 26.2 Å². The highest BCUT2D eigenvalue weighted by Gasteiger charge is 2.29. The number of rotatable bonds is 9. The summed E-state index contributed by atoms with van der Waals surface area (Å²) in [6, 6.07) is 10.7. The Balaban J connectivity index is 1.72. The van der Waals surface area contributed by atoms with E-state index in [2.05, 4.69) is 5.32 Å². The zero-order chi connectivity index (χ0) is 25.8. The third kappa shape index (κ3) is 6.44. The minimum Gasteiger partial charge on any atom is -0.495 e.